The number of nitrogens with zero attached hydrogens (tertiary/aromatic N) is 1. The molecule has 0 saturated heterocycles. The van der Waals surface area contributed by atoms with Crippen molar-refractivity contribution >= 4 is 17.7 Å². The number of nitro benzene ring substituents is 1. The first-order valence-corrected chi connectivity index (χ1v) is 6.81. The van der Waals surface area contributed by atoms with Gasteiger partial charge in [0.15, 0.2) is 0 Å². The highest BCUT2D eigenvalue weighted by molar-refractivity contribution is 5.87. The zero-order chi connectivity index (χ0) is 16.7. The molecule has 0 saturated carbocycles. The molecule has 0 amide bonds. The molecule has 0 aliphatic carbocycles. The Bertz CT molecular complexity index is 722. The first-order valence-electron chi connectivity index (χ1n) is 6.81. The van der Waals surface area contributed by atoms with Crippen LogP contribution in [-0.4, -0.2) is 18.0 Å². The highest BCUT2D eigenvalue weighted by Crippen LogP contribution is 2.18. The third kappa shape index (κ3) is 4.67. The van der Waals surface area contributed by atoms with Crippen LogP contribution in [0, 0.1) is 10.1 Å². The number of carbonyl (C=O) groups is 1. The molecule has 0 unspecified atom stereocenters. The second kappa shape index (κ2) is 7.74. The van der Waals surface area contributed by atoms with E-state index < -0.39 is 10.9 Å². The summed E-state index contributed by atoms with van der Waals surface area (Å²) in [6.07, 6.45) is 2.92. The number of methoxy groups -OCH3 is 1. The number of carbonyl (C=O) groups excluding carboxylic acids is 1. The Morgan fingerprint density at radius 1 is 1.17 bits per heavy atom. The lowest BCUT2D eigenvalue weighted by atomic mass is 10.2. The van der Waals surface area contributed by atoms with Gasteiger partial charge in [0.2, 0.25) is 0 Å². The van der Waals surface area contributed by atoms with Crippen molar-refractivity contribution in [2.45, 2.75) is 6.61 Å². The van der Waals surface area contributed by atoms with Crippen molar-refractivity contribution in [3.8, 4) is 5.75 Å². The minimum Gasteiger partial charge on any atom is -0.496 e. The Morgan fingerprint density at radius 2 is 1.87 bits per heavy atom. The van der Waals surface area contributed by atoms with Gasteiger partial charge in [-0.2, -0.15) is 0 Å². The van der Waals surface area contributed by atoms with Gasteiger partial charge in [-0.15, -0.1) is 0 Å². The standard InChI is InChI=1S/C17H15NO5/c1-22-16-5-3-2-4-14(16)8-11-17(19)23-12-13-6-9-15(10-7-13)18(20)21/h2-11H,12H2,1H3/b11-8+. The molecular formula is C17H15NO5. The Kier molecular flexibility index (Phi) is 5.46. The summed E-state index contributed by atoms with van der Waals surface area (Å²) in [6.45, 7) is 0.0487. The zero-order valence-corrected chi connectivity index (χ0v) is 12.5. The quantitative estimate of drug-likeness (QED) is 0.353. The smallest absolute Gasteiger partial charge is 0.331 e. The molecule has 2 aromatic rings. The van der Waals surface area contributed by atoms with E-state index in [4.69, 9.17) is 9.47 Å². The number of nitro groups is 1. The Balaban J connectivity index is 1.92. The van der Waals surface area contributed by atoms with Gasteiger partial charge in [0.1, 0.15) is 12.4 Å². The number of esters is 1. The molecule has 0 heterocycles. The minimum absolute atomic E-state index is 0.00357. The molecule has 6 nitrogen and oxygen atoms in total. The molecule has 0 N–H and O–H groups in total. The maximum Gasteiger partial charge on any atom is 0.331 e. The van der Waals surface area contributed by atoms with E-state index in [-0.39, 0.29) is 12.3 Å². The summed E-state index contributed by atoms with van der Waals surface area (Å²) < 4.78 is 10.3. The monoisotopic (exact) mass is 313 g/mol. The summed E-state index contributed by atoms with van der Waals surface area (Å²) in [5, 5.41) is 10.6. The van der Waals surface area contributed by atoms with Gasteiger partial charge in [0, 0.05) is 23.8 Å². The van der Waals surface area contributed by atoms with Crippen LogP contribution in [0.3, 0.4) is 0 Å². The van der Waals surface area contributed by atoms with Gasteiger partial charge in [-0.1, -0.05) is 18.2 Å². The maximum atomic E-state index is 11.7. The molecule has 2 aromatic carbocycles. The summed E-state index contributed by atoms with van der Waals surface area (Å²) in [6, 6.07) is 13.1. The fourth-order valence-electron chi connectivity index (χ4n) is 1.88. The van der Waals surface area contributed by atoms with E-state index in [1.165, 1.54) is 18.2 Å². The van der Waals surface area contributed by atoms with E-state index in [2.05, 4.69) is 0 Å². The second-order valence-corrected chi connectivity index (χ2v) is 4.61. The molecule has 0 aliphatic rings. The van der Waals surface area contributed by atoms with Crippen LogP contribution in [0.4, 0.5) is 5.69 Å². The van der Waals surface area contributed by atoms with Crippen molar-refractivity contribution in [2.75, 3.05) is 7.11 Å². The molecule has 6 heteroatoms. The predicted octanol–water partition coefficient (Wildman–Crippen LogP) is 3.36. The fourth-order valence-corrected chi connectivity index (χ4v) is 1.88. The van der Waals surface area contributed by atoms with Crippen LogP contribution in [0.5, 0.6) is 5.75 Å². The molecule has 2 rings (SSSR count). The lowest BCUT2D eigenvalue weighted by Gasteiger charge is -2.04. The predicted molar refractivity (Wildman–Crippen MR) is 84.9 cm³/mol. The molecule has 118 valence electrons. The number of hydrogen-bond donors (Lipinski definition) is 0. The van der Waals surface area contributed by atoms with Crippen LogP contribution in [0.2, 0.25) is 0 Å². The Labute approximate surface area is 133 Å². The topological polar surface area (TPSA) is 78.7 Å². The average Bonchev–Trinajstić information content (AvgIpc) is 2.58. The molecule has 0 aromatic heterocycles. The minimum atomic E-state index is -0.505. The third-order valence-corrected chi connectivity index (χ3v) is 3.07. The molecule has 23 heavy (non-hydrogen) atoms. The van der Waals surface area contributed by atoms with Crippen molar-refractivity contribution in [3.63, 3.8) is 0 Å². The van der Waals surface area contributed by atoms with E-state index in [1.54, 1.807) is 31.4 Å². The van der Waals surface area contributed by atoms with Crippen LogP contribution >= 0.6 is 0 Å². The lowest BCUT2D eigenvalue weighted by Crippen LogP contribution is -2.01. The van der Waals surface area contributed by atoms with Crippen LogP contribution in [-0.2, 0) is 16.1 Å². The van der Waals surface area contributed by atoms with Crippen molar-refractivity contribution in [2.24, 2.45) is 0 Å². The number of non-ortho nitro benzene ring substituents is 1. The highest BCUT2D eigenvalue weighted by atomic mass is 16.6. The zero-order valence-electron chi connectivity index (χ0n) is 12.5. The van der Waals surface area contributed by atoms with Crippen molar-refractivity contribution in [3.05, 3.63) is 75.8 Å². The van der Waals surface area contributed by atoms with Crippen LogP contribution in [0.1, 0.15) is 11.1 Å². The van der Waals surface area contributed by atoms with E-state index in [0.29, 0.717) is 11.3 Å². The molecule has 0 bridgehead atoms. The van der Waals surface area contributed by atoms with E-state index >= 15 is 0 Å². The number of rotatable bonds is 6. The number of hydrogen-bond acceptors (Lipinski definition) is 5. The van der Waals surface area contributed by atoms with E-state index in [1.807, 2.05) is 18.2 Å². The van der Waals surface area contributed by atoms with Gasteiger partial charge in [-0.25, -0.2) is 4.79 Å². The van der Waals surface area contributed by atoms with Crippen LogP contribution in [0.25, 0.3) is 6.08 Å². The van der Waals surface area contributed by atoms with Gasteiger partial charge in [0.05, 0.1) is 12.0 Å². The molecule has 0 spiro atoms. The summed E-state index contributed by atoms with van der Waals surface area (Å²) in [5.74, 6) is 0.154. The van der Waals surface area contributed by atoms with Crippen molar-refractivity contribution < 1.29 is 19.2 Å². The number of benzene rings is 2. The summed E-state index contributed by atoms with van der Waals surface area (Å²) >= 11 is 0. The SMILES string of the molecule is COc1ccccc1/C=C/C(=O)OCc1ccc([N+](=O)[O-])cc1. The van der Waals surface area contributed by atoms with Crippen LogP contribution in [0.15, 0.2) is 54.6 Å². The van der Waals surface area contributed by atoms with Crippen molar-refractivity contribution in [1.82, 2.24) is 0 Å². The highest BCUT2D eigenvalue weighted by Gasteiger charge is 2.05. The summed E-state index contributed by atoms with van der Waals surface area (Å²) in [4.78, 5) is 21.8. The van der Waals surface area contributed by atoms with Gasteiger partial charge in [0.25, 0.3) is 5.69 Å². The molecule has 0 aliphatic heterocycles. The fraction of sp³-hybridized carbons (Fsp3) is 0.118. The first-order chi connectivity index (χ1) is 11.1. The molecular weight excluding hydrogens is 298 g/mol. The van der Waals surface area contributed by atoms with E-state index in [9.17, 15) is 14.9 Å². The van der Waals surface area contributed by atoms with Gasteiger partial charge < -0.3 is 9.47 Å². The summed E-state index contributed by atoms with van der Waals surface area (Å²) in [5.41, 5.74) is 1.44. The lowest BCUT2D eigenvalue weighted by molar-refractivity contribution is -0.384. The number of ether oxygens (including phenoxy) is 2. The normalized spacial score (nSPS) is 10.5. The Morgan fingerprint density at radius 3 is 2.52 bits per heavy atom. The second-order valence-electron chi connectivity index (χ2n) is 4.61. The van der Waals surface area contributed by atoms with Gasteiger partial charge >= 0.3 is 5.97 Å². The average molecular weight is 313 g/mol. The van der Waals surface area contributed by atoms with Gasteiger partial charge in [-0.3, -0.25) is 10.1 Å². The Hall–Kier alpha value is -3.15. The van der Waals surface area contributed by atoms with Gasteiger partial charge in [-0.05, 0) is 29.8 Å². The molecule has 0 radical (unpaired) electrons. The third-order valence-electron chi connectivity index (χ3n) is 3.07. The van der Waals surface area contributed by atoms with E-state index in [0.717, 1.165) is 5.56 Å². The maximum absolute atomic E-state index is 11.7. The van der Waals surface area contributed by atoms with Crippen LogP contribution < -0.4 is 4.74 Å². The summed E-state index contributed by atoms with van der Waals surface area (Å²) in [7, 11) is 1.56. The van der Waals surface area contributed by atoms with Crippen molar-refractivity contribution in [1.29, 1.82) is 0 Å². The largest absolute Gasteiger partial charge is 0.496 e. The first kappa shape index (κ1) is 16.2. The number of para-hydroxylation sites is 1. The molecule has 0 atom stereocenters. The molecule has 0 fully saturated rings.